The van der Waals surface area contributed by atoms with E-state index in [1.54, 1.807) is 0 Å². The lowest BCUT2D eigenvalue weighted by Crippen LogP contribution is -2.29. The molecular weight excluding hydrogens is 426 g/mol. The van der Waals surface area contributed by atoms with Gasteiger partial charge < -0.3 is 4.40 Å². The molecule has 0 aliphatic heterocycles. The highest BCUT2D eigenvalue weighted by molar-refractivity contribution is 6.26. The van der Waals surface area contributed by atoms with E-state index in [-0.39, 0.29) is 0 Å². The predicted octanol–water partition coefficient (Wildman–Crippen LogP) is 7.68. The molecule has 0 saturated heterocycles. The first-order chi connectivity index (χ1) is 16.9. The Bertz CT molecular complexity index is 1850. The highest BCUT2D eigenvalue weighted by Gasteiger charge is 2.30. The molecule has 0 radical (unpaired) electrons. The quantitative estimate of drug-likeness (QED) is 0.142. The fourth-order valence-corrected chi connectivity index (χ4v) is 6.85. The first-order valence-corrected chi connectivity index (χ1v) is 12.8. The van der Waals surface area contributed by atoms with Gasteiger partial charge in [-0.25, -0.2) is 4.57 Å². The smallest absolute Gasteiger partial charge is 0.224 e. The maximum atomic E-state index is 9.98. The van der Waals surface area contributed by atoms with Gasteiger partial charge in [0, 0.05) is 16.8 Å². The van der Waals surface area contributed by atoms with Crippen LogP contribution >= 0.6 is 0 Å². The zero-order valence-electron chi connectivity index (χ0n) is 20.9. The molecule has 3 aromatic heterocycles. The summed E-state index contributed by atoms with van der Waals surface area (Å²) in [7, 11) is 2.16. The molecule has 0 N–H and O–H groups in total. The van der Waals surface area contributed by atoms with Gasteiger partial charge in [-0.15, -0.1) is 0 Å². The van der Waals surface area contributed by atoms with Gasteiger partial charge in [0.1, 0.15) is 7.05 Å². The van der Waals surface area contributed by atoms with Crippen LogP contribution in [-0.4, -0.2) is 4.40 Å². The molecule has 6 aromatic rings. The summed E-state index contributed by atoms with van der Waals surface area (Å²) in [6, 6.07) is 20.3. The van der Waals surface area contributed by atoms with E-state index in [1.807, 2.05) is 12.1 Å². The number of pyridine rings is 2. The van der Waals surface area contributed by atoms with Crippen LogP contribution in [0.25, 0.3) is 49.0 Å². The first kappa shape index (κ1) is 20.7. The number of hydrogen-bond acceptors (Lipinski definition) is 1. The number of nitrogens with zero attached hydrogens (tertiary/aromatic N) is 3. The lowest BCUT2D eigenvalue weighted by Gasteiger charge is -2.34. The lowest BCUT2D eigenvalue weighted by atomic mass is 9.71. The third-order valence-corrected chi connectivity index (χ3v) is 8.81. The zero-order valence-corrected chi connectivity index (χ0v) is 20.9. The van der Waals surface area contributed by atoms with E-state index in [0.717, 1.165) is 16.5 Å². The number of rotatable bonds is 1. The highest BCUT2D eigenvalue weighted by Crippen LogP contribution is 2.46. The molecule has 1 fully saturated rings. The number of benzene rings is 3. The average molecular weight is 457 g/mol. The Balaban J connectivity index is 1.70. The first-order valence-electron chi connectivity index (χ1n) is 12.8. The number of hydrogen-bond donors (Lipinski definition) is 0. The summed E-state index contributed by atoms with van der Waals surface area (Å²) in [5.74, 6) is 0.604. The van der Waals surface area contributed by atoms with Gasteiger partial charge in [0.15, 0.2) is 6.20 Å². The van der Waals surface area contributed by atoms with Gasteiger partial charge in [-0.2, -0.15) is 5.26 Å². The normalized spacial score (nSPS) is 16.8. The van der Waals surface area contributed by atoms with E-state index in [1.165, 1.54) is 74.9 Å². The number of nitriles is 1. The van der Waals surface area contributed by atoms with E-state index >= 15 is 0 Å². The van der Waals surface area contributed by atoms with Crippen LogP contribution in [0.1, 0.15) is 62.1 Å². The van der Waals surface area contributed by atoms with Crippen LogP contribution in [0.5, 0.6) is 0 Å². The van der Waals surface area contributed by atoms with Gasteiger partial charge in [0.25, 0.3) is 0 Å². The zero-order chi connectivity index (χ0) is 24.1. The Kier molecular flexibility index (Phi) is 4.11. The van der Waals surface area contributed by atoms with Crippen LogP contribution in [0.15, 0.2) is 54.7 Å². The van der Waals surface area contributed by atoms with Crippen molar-refractivity contribution in [1.29, 1.82) is 5.26 Å². The topological polar surface area (TPSA) is 32.1 Å². The average Bonchev–Trinajstić information content (AvgIpc) is 3.19. The minimum absolute atomic E-state index is 0.454. The summed E-state index contributed by atoms with van der Waals surface area (Å²) >= 11 is 0. The van der Waals surface area contributed by atoms with Crippen LogP contribution in [0.3, 0.4) is 0 Å². The summed E-state index contributed by atoms with van der Waals surface area (Å²) in [4.78, 5) is 0. The molecular formula is C32H30N3+. The third kappa shape index (κ3) is 2.74. The maximum absolute atomic E-state index is 9.98. The van der Waals surface area contributed by atoms with Crippen LogP contribution in [-0.2, 0) is 7.05 Å². The summed E-state index contributed by atoms with van der Waals surface area (Å²) < 4.78 is 4.74. The summed E-state index contributed by atoms with van der Waals surface area (Å²) in [6.07, 6.45) is 7.28. The van der Waals surface area contributed by atoms with Gasteiger partial charge in [0.2, 0.25) is 5.52 Å². The van der Waals surface area contributed by atoms with E-state index in [2.05, 4.69) is 85.5 Å². The van der Waals surface area contributed by atoms with Gasteiger partial charge in [-0.05, 0) is 78.7 Å². The lowest BCUT2D eigenvalue weighted by molar-refractivity contribution is -0.643. The van der Waals surface area contributed by atoms with Crippen molar-refractivity contribution < 1.29 is 4.57 Å². The predicted molar refractivity (Wildman–Crippen MR) is 144 cm³/mol. The second-order valence-corrected chi connectivity index (χ2v) is 11.5. The highest BCUT2D eigenvalue weighted by atomic mass is 15.0. The Morgan fingerprint density at radius 1 is 0.971 bits per heavy atom. The molecule has 0 bridgehead atoms. The largest absolute Gasteiger partial charge is 0.307 e. The Hall–Kier alpha value is -3.64. The molecule has 1 aliphatic rings. The Labute approximate surface area is 205 Å². The SMILES string of the molecule is Cc1ccc2c3c(C#N)cccc3n3c4cc(C5CCC(C)(C)CC5)cc5cc[n+](C)c(c1c23)c54. The monoisotopic (exact) mass is 456 g/mol. The molecule has 1 aliphatic carbocycles. The van der Waals surface area contributed by atoms with Crippen LogP contribution in [0.2, 0.25) is 0 Å². The third-order valence-electron chi connectivity index (χ3n) is 8.81. The van der Waals surface area contributed by atoms with E-state index in [4.69, 9.17) is 0 Å². The van der Waals surface area contributed by atoms with Crippen LogP contribution in [0.4, 0.5) is 0 Å². The standard InChI is InChI=1S/C32H30N3/c1-19-8-9-24-28-22(18-33)6-5-7-25(28)35-26-17-23(20-10-13-32(2,3)14-11-20)16-21-12-15-34(4)31(29(21)26)27(19)30(24)35/h5-9,12,15-17,20H,10-11,13-14H2,1-4H3/q+1. The van der Waals surface area contributed by atoms with Crippen molar-refractivity contribution >= 4 is 49.0 Å². The molecule has 172 valence electrons. The molecule has 0 atom stereocenters. The number of aromatic nitrogens is 2. The summed E-state index contributed by atoms with van der Waals surface area (Å²) in [6.45, 7) is 7.03. The van der Waals surface area contributed by atoms with E-state index < -0.39 is 0 Å². The van der Waals surface area contributed by atoms with Crippen molar-refractivity contribution in [3.8, 4) is 6.07 Å². The summed E-state index contributed by atoms with van der Waals surface area (Å²) in [5, 5.41) is 16.1. The van der Waals surface area contributed by atoms with Gasteiger partial charge in [-0.1, -0.05) is 38.1 Å². The minimum atomic E-state index is 0.454. The Morgan fingerprint density at radius 2 is 1.77 bits per heavy atom. The number of aryl methyl sites for hydroxylation is 2. The fourth-order valence-electron chi connectivity index (χ4n) is 6.85. The molecule has 1 saturated carbocycles. The maximum Gasteiger partial charge on any atom is 0.224 e. The van der Waals surface area contributed by atoms with Crippen molar-refractivity contribution in [2.75, 3.05) is 0 Å². The minimum Gasteiger partial charge on any atom is -0.307 e. The molecule has 3 heterocycles. The van der Waals surface area contributed by atoms with Crippen molar-refractivity contribution in [2.45, 2.75) is 52.4 Å². The van der Waals surface area contributed by atoms with Crippen LogP contribution in [0, 0.1) is 23.7 Å². The Morgan fingerprint density at radius 3 is 2.54 bits per heavy atom. The second kappa shape index (κ2) is 6.95. The van der Waals surface area contributed by atoms with Crippen molar-refractivity contribution in [3.05, 3.63) is 71.4 Å². The van der Waals surface area contributed by atoms with Gasteiger partial charge >= 0.3 is 0 Å². The van der Waals surface area contributed by atoms with E-state index in [9.17, 15) is 5.26 Å². The second-order valence-electron chi connectivity index (χ2n) is 11.5. The molecule has 0 amide bonds. The fraction of sp³-hybridized carbons (Fsp3) is 0.312. The van der Waals surface area contributed by atoms with E-state index in [0.29, 0.717) is 11.3 Å². The molecule has 3 nitrogen and oxygen atoms in total. The van der Waals surface area contributed by atoms with Crippen molar-refractivity contribution in [1.82, 2.24) is 4.40 Å². The molecule has 35 heavy (non-hydrogen) atoms. The van der Waals surface area contributed by atoms with Gasteiger partial charge in [0.05, 0.1) is 39.0 Å². The molecule has 3 heteroatoms. The van der Waals surface area contributed by atoms with Crippen molar-refractivity contribution in [2.24, 2.45) is 12.5 Å². The molecule has 0 spiro atoms. The van der Waals surface area contributed by atoms with Crippen LogP contribution < -0.4 is 4.57 Å². The summed E-state index contributed by atoms with van der Waals surface area (Å²) in [5.41, 5.74) is 8.85. The number of fused-ring (bicyclic) bond motifs is 5. The molecule has 3 aromatic carbocycles. The molecule has 7 rings (SSSR count). The van der Waals surface area contributed by atoms with Gasteiger partial charge in [-0.3, -0.25) is 0 Å². The van der Waals surface area contributed by atoms with Crippen molar-refractivity contribution in [3.63, 3.8) is 0 Å². The molecule has 0 unspecified atom stereocenters.